The van der Waals surface area contributed by atoms with E-state index in [2.05, 4.69) is 26.2 Å². The summed E-state index contributed by atoms with van der Waals surface area (Å²) in [5, 5.41) is 16.0. The topological polar surface area (TPSA) is 45.1 Å². The Morgan fingerprint density at radius 1 is 1.00 bits per heavy atom. The maximum atomic E-state index is 9.89. The third-order valence-corrected chi connectivity index (χ3v) is 4.11. The Morgan fingerprint density at radius 2 is 1.71 bits per heavy atom. The molecule has 0 unspecified atom stereocenters. The molecule has 6 heteroatoms. The fraction of sp³-hybridized carbons (Fsp3) is 0. The van der Waals surface area contributed by atoms with Crippen molar-refractivity contribution < 1.29 is 5.11 Å². The van der Waals surface area contributed by atoms with Crippen LogP contribution >= 0.6 is 39.1 Å². The van der Waals surface area contributed by atoms with Crippen LogP contribution in [0.1, 0.15) is 0 Å². The normalized spacial score (nSPS) is 10.8. The lowest BCUT2D eigenvalue weighted by atomic mass is 10.1. The second-order valence-corrected chi connectivity index (χ2v) is 6.16. The van der Waals surface area contributed by atoms with E-state index in [-0.39, 0.29) is 5.75 Å². The van der Waals surface area contributed by atoms with E-state index in [0.717, 1.165) is 15.2 Å². The van der Waals surface area contributed by atoms with Crippen LogP contribution in [0.5, 0.6) is 5.75 Å². The van der Waals surface area contributed by atoms with Crippen LogP contribution < -0.4 is 5.32 Å². The number of anilines is 2. The van der Waals surface area contributed by atoms with E-state index in [1.54, 1.807) is 24.4 Å². The summed E-state index contributed by atoms with van der Waals surface area (Å²) < 4.78 is 0.848. The van der Waals surface area contributed by atoms with Crippen molar-refractivity contribution in [3.63, 3.8) is 0 Å². The molecule has 0 fully saturated rings. The predicted molar refractivity (Wildman–Crippen MR) is 90.9 cm³/mol. The van der Waals surface area contributed by atoms with E-state index in [0.29, 0.717) is 21.6 Å². The quantitative estimate of drug-likeness (QED) is 0.553. The number of fused-ring (bicyclic) bond motifs is 1. The standard InChI is InChI=1S/C15H9BrCl2N2O/c16-12-7-19-15(10-3-1-8(17)5-11(10)12)20-13-6-9(18)2-4-14(13)21/h1-7,21H,(H,19,20). The van der Waals surface area contributed by atoms with Gasteiger partial charge in [0.1, 0.15) is 11.6 Å². The first-order chi connectivity index (χ1) is 10.0. The average Bonchev–Trinajstić information content (AvgIpc) is 2.46. The molecule has 0 aliphatic rings. The summed E-state index contributed by atoms with van der Waals surface area (Å²) in [6, 6.07) is 10.3. The number of halogens is 3. The molecule has 0 radical (unpaired) electrons. The third kappa shape index (κ3) is 2.93. The van der Waals surface area contributed by atoms with Gasteiger partial charge < -0.3 is 10.4 Å². The molecule has 0 atom stereocenters. The highest BCUT2D eigenvalue weighted by molar-refractivity contribution is 9.10. The lowest BCUT2D eigenvalue weighted by molar-refractivity contribution is 0.478. The molecule has 2 N–H and O–H groups in total. The molecule has 0 aliphatic carbocycles. The summed E-state index contributed by atoms with van der Waals surface area (Å²) >= 11 is 15.4. The van der Waals surface area contributed by atoms with Gasteiger partial charge in [-0.25, -0.2) is 4.98 Å². The molecule has 0 saturated heterocycles. The van der Waals surface area contributed by atoms with Crippen LogP contribution in [-0.4, -0.2) is 10.1 Å². The van der Waals surface area contributed by atoms with E-state index in [4.69, 9.17) is 23.2 Å². The maximum absolute atomic E-state index is 9.89. The van der Waals surface area contributed by atoms with Gasteiger partial charge in [0.25, 0.3) is 0 Å². The minimum absolute atomic E-state index is 0.103. The van der Waals surface area contributed by atoms with Crippen LogP contribution in [-0.2, 0) is 0 Å². The largest absolute Gasteiger partial charge is 0.506 e. The van der Waals surface area contributed by atoms with Gasteiger partial charge in [-0.05, 0) is 52.3 Å². The number of rotatable bonds is 2. The number of pyridine rings is 1. The number of hydrogen-bond acceptors (Lipinski definition) is 3. The first-order valence-electron chi connectivity index (χ1n) is 6.04. The molecule has 106 valence electrons. The Balaban J connectivity index is 2.13. The molecule has 0 aliphatic heterocycles. The second kappa shape index (κ2) is 5.72. The number of aromatic hydroxyl groups is 1. The summed E-state index contributed by atoms with van der Waals surface area (Å²) in [5.74, 6) is 0.716. The lowest BCUT2D eigenvalue weighted by Crippen LogP contribution is -1.95. The number of phenols is 1. The molecular weight excluding hydrogens is 375 g/mol. The summed E-state index contributed by atoms with van der Waals surface area (Å²) in [5.41, 5.74) is 0.494. The first kappa shape index (κ1) is 14.4. The van der Waals surface area contributed by atoms with E-state index >= 15 is 0 Å². The van der Waals surface area contributed by atoms with E-state index in [1.165, 1.54) is 6.07 Å². The SMILES string of the molecule is Oc1ccc(Cl)cc1Nc1ncc(Br)c2cc(Cl)ccc12. The zero-order valence-electron chi connectivity index (χ0n) is 10.6. The molecule has 0 spiro atoms. The molecule has 1 aromatic heterocycles. The Labute approximate surface area is 139 Å². The molecule has 0 saturated carbocycles. The Bertz CT molecular complexity index is 839. The lowest BCUT2D eigenvalue weighted by Gasteiger charge is -2.11. The van der Waals surface area contributed by atoms with Gasteiger partial charge in [-0.3, -0.25) is 0 Å². The maximum Gasteiger partial charge on any atom is 0.139 e. The Kier molecular flexibility index (Phi) is 3.93. The van der Waals surface area contributed by atoms with Crippen molar-refractivity contribution in [3.8, 4) is 5.75 Å². The Morgan fingerprint density at radius 3 is 2.52 bits per heavy atom. The molecule has 0 amide bonds. The van der Waals surface area contributed by atoms with Crippen molar-refractivity contribution in [2.75, 3.05) is 5.32 Å². The van der Waals surface area contributed by atoms with Crippen molar-refractivity contribution in [2.24, 2.45) is 0 Å². The number of aromatic nitrogens is 1. The number of hydrogen-bond donors (Lipinski definition) is 2. The van der Waals surface area contributed by atoms with Crippen LogP contribution in [0.4, 0.5) is 11.5 Å². The summed E-state index contributed by atoms with van der Waals surface area (Å²) in [6.07, 6.45) is 1.68. The highest BCUT2D eigenvalue weighted by Gasteiger charge is 2.09. The fourth-order valence-corrected chi connectivity index (χ4v) is 2.79. The summed E-state index contributed by atoms with van der Waals surface area (Å²) in [6.45, 7) is 0. The second-order valence-electron chi connectivity index (χ2n) is 4.43. The summed E-state index contributed by atoms with van der Waals surface area (Å²) in [4.78, 5) is 4.35. The number of nitrogens with zero attached hydrogens (tertiary/aromatic N) is 1. The van der Waals surface area contributed by atoms with E-state index in [1.807, 2.05) is 12.1 Å². The zero-order valence-corrected chi connectivity index (χ0v) is 13.7. The van der Waals surface area contributed by atoms with E-state index in [9.17, 15) is 5.11 Å². The van der Waals surface area contributed by atoms with Gasteiger partial charge in [-0.15, -0.1) is 0 Å². The molecule has 2 aromatic carbocycles. The predicted octanol–water partition coefficient (Wildman–Crippen LogP) is 5.75. The molecule has 0 bridgehead atoms. The molecular formula is C15H9BrCl2N2O. The van der Waals surface area contributed by atoms with E-state index < -0.39 is 0 Å². The van der Waals surface area contributed by atoms with Crippen LogP contribution in [0.2, 0.25) is 10.0 Å². The first-order valence-corrected chi connectivity index (χ1v) is 7.59. The number of benzene rings is 2. The average molecular weight is 384 g/mol. The van der Waals surface area contributed by atoms with Gasteiger partial charge in [0.15, 0.2) is 0 Å². The van der Waals surface area contributed by atoms with Crippen molar-refractivity contribution in [3.05, 3.63) is 57.1 Å². The Hall–Kier alpha value is -1.49. The van der Waals surface area contributed by atoms with Crippen LogP contribution in [0, 0.1) is 0 Å². The van der Waals surface area contributed by atoms with Crippen LogP contribution in [0.3, 0.4) is 0 Å². The van der Waals surface area contributed by atoms with Gasteiger partial charge in [0, 0.05) is 31.5 Å². The van der Waals surface area contributed by atoms with Crippen molar-refractivity contribution in [1.29, 1.82) is 0 Å². The third-order valence-electron chi connectivity index (χ3n) is 3.01. The molecule has 3 aromatic rings. The van der Waals surface area contributed by atoms with Crippen molar-refractivity contribution >= 4 is 61.4 Å². The smallest absolute Gasteiger partial charge is 0.139 e. The monoisotopic (exact) mass is 382 g/mol. The molecule has 1 heterocycles. The van der Waals surface area contributed by atoms with Crippen LogP contribution in [0.25, 0.3) is 10.8 Å². The van der Waals surface area contributed by atoms with Crippen molar-refractivity contribution in [2.45, 2.75) is 0 Å². The van der Waals surface area contributed by atoms with Gasteiger partial charge in [0.05, 0.1) is 5.69 Å². The van der Waals surface area contributed by atoms with Gasteiger partial charge in [-0.1, -0.05) is 23.2 Å². The van der Waals surface area contributed by atoms with Gasteiger partial charge in [-0.2, -0.15) is 0 Å². The number of phenolic OH excluding ortho intramolecular Hbond substituents is 1. The highest BCUT2D eigenvalue weighted by atomic mass is 79.9. The van der Waals surface area contributed by atoms with Crippen LogP contribution in [0.15, 0.2) is 47.1 Å². The minimum atomic E-state index is 0.103. The summed E-state index contributed by atoms with van der Waals surface area (Å²) in [7, 11) is 0. The molecule has 3 rings (SSSR count). The zero-order chi connectivity index (χ0) is 15.0. The molecule has 21 heavy (non-hydrogen) atoms. The minimum Gasteiger partial charge on any atom is -0.506 e. The fourth-order valence-electron chi connectivity index (χ4n) is 2.02. The number of nitrogens with one attached hydrogen (secondary N) is 1. The van der Waals surface area contributed by atoms with Gasteiger partial charge >= 0.3 is 0 Å². The van der Waals surface area contributed by atoms with Gasteiger partial charge in [0.2, 0.25) is 0 Å². The highest BCUT2D eigenvalue weighted by Crippen LogP contribution is 2.34. The van der Waals surface area contributed by atoms with Crippen molar-refractivity contribution in [1.82, 2.24) is 4.98 Å². The molecule has 3 nitrogen and oxygen atoms in total.